The molecule has 1 aromatic heterocycles. The van der Waals surface area contributed by atoms with E-state index in [1.807, 2.05) is 30.3 Å². The summed E-state index contributed by atoms with van der Waals surface area (Å²) in [6.07, 6.45) is 1.76. The molecule has 2 heterocycles. The van der Waals surface area contributed by atoms with E-state index in [0.29, 0.717) is 30.3 Å². The number of nitrogens with zero attached hydrogens (tertiary/aromatic N) is 3. The number of aromatic nitrogens is 1. The molecule has 2 aromatic carbocycles. The molecule has 7 heteroatoms. The normalized spacial score (nSPS) is 12.9. The molecule has 0 unspecified atom stereocenters. The van der Waals surface area contributed by atoms with Crippen LogP contribution in [0.15, 0.2) is 66.9 Å². The van der Waals surface area contributed by atoms with Gasteiger partial charge in [0, 0.05) is 37.6 Å². The number of nitrogens with one attached hydrogen (secondary N) is 1. The number of rotatable bonds is 5. The summed E-state index contributed by atoms with van der Waals surface area (Å²) in [6, 6.07) is 19.1. The molecule has 1 N–H and O–H groups in total. The molecule has 154 valence electrons. The van der Waals surface area contributed by atoms with Crippen LogP contribution in [0.3, 0.4) is 0 Å². The highest BCUT2D eigenvalue weighted by atomic mass is 16.5. The predicted molar refractivity (Wildman–Crippen MR) is 118 cm³/mol. The molecule has 0 atom stereocenters. The van der Waals surface area contributed by atoms with E-state index in [1.165, 1.54) is 5.56 Å². The summed E-state index contributed by atoms with van der Waals surface area (Å²) >= 11 is 0. The molecule has 4 rings (SSSR count). The second-order valence-corrected chi connectivity index (χ2v) is 6.90. The van der Waals surface area contributed by atoms with Crippen LogP contribution >= 0.6 is 0 Å². The standard InChI is InChI=1S/C23H24N4O3/c1-29-20-11-10-18(15-21(20)30-2)25-23(28)27-14-13-26(16-17-7-4-3-5-8-17)22-19(27)9-6-12-24-22/h3-12,15H,13-14,16H2,1-2H3,(H,25,28). The van der Waals surface area contributed by atoms with Crippen LogP contribution in [0.5, 0.6) is 11.5 Å². The Morgan fingerprint density at radius 1 is 1.00 bits per heavy atom. The number of pyridine rings is 1. The van der Waals surface area contributed by atoms with Gasteiger partial charge in [-0.2, -0.15) is 0 Å². The Morgan fingerprint density at radius 2 is 1.80 bits per heavy atom. The number of hydrogen-bond donors (Lipinski definition) is 1. The van der Waals surface area contributed by atoms with Crippen LogP contribution in [0, 0.1) is 0 Å². The third-order valence-corrected chi connectivity index (χ3v) is 5.05. The molecular formula is C23H24N4O3. The molecule has 2 amide bonds. The van der Waals surface area contributed by atoms with Gasteiger partial charge in [-0.1, -0.05) is 30.3 Å². The molecule has 0 saturated carbocycles. The quantitative estimate of drug-likeness (QED) is 0.692. The highest BCUT2D eigenvalue weighted by molar-refractivity contribution is 6.04. The fourth-order valence-corrected chi connectivity index (χ4v) is 3.56. The minimum absolute atomic E-state index is 0.212. The van der Waals surface area contributed by atoms with E-state index in [-0.39, 0.29) is 6.03 Å². The van der Waals surface area contributed by atoms with Crippen LogP contribution in [-0.4, -0.2) is 38.3 Å². The van der Waals surface area contributed by atoms with Crippen LogP contribution in [0.4, 0.5) is 22.0 Å². The molecule has 0 aliphatic carbocycles. The van der Waals surface area contributed by atoms with Gasteiger partial charge >= 0.3 is 6.03 Å². The van der Waals surface area contributed by atoms with Gasteiger partial charge in [0.1, 0.15) is 0 Å². The van der Waals surface area contributed by atoms with Crippen molar-refractivity contribution in [2.24, 2.45) is 0 Å². The minimum atomic E-state index is -0.212. The van der Waals surface area contributed by atoms with Crippen molar-refractivity contribution in [3.63, 3.8) is 0 Å². The van der Waals surface area contributed by atoms with E-state index >= 15 is 0 Å². The Balaban J connectivity index is 1.54. The van der Waals surface area contributed by atoms with Gasteiger partial charge in [-0.15, -0.1) is 0 Å². The molecule has 3 aromatic rings. The van der Waals surface area contributed by atoms with Gasteiger partial charge in [0.15, 0.2) is 17.3 Å². The van der Waals surface area contributed by atoms with Crippen LogP contribution in [0.2, 0.25) is 0 Å². The van der Waals surface area contributed by atoms with Crippen molar-refractivity contribution in [2.45, 2.75) is 6.54 Å². The number of amides is 2. The summed E-state index contributed by atoms with van der Waals surface area (Å²) in [4.78, 5) is 21.5. The largest absolute Gasteiger partial charge is 0.493 e. The third-order valence-electron chi connectivity index (χ3n) is 5.05. The SMILES string of the molecule is COc1ccc(NC(=O)N2CCN(Cc3ccccc3)c3ncccc32)cc1OC. The number of anilines is 3. The molecule has 0 fully saturated rings. The molecule has 0 spiro atoms. The summed E-state index contributed by atoms with van der Waals surface area (Å²) in [7, 11) is 3.15. The molecule has 0 bridgehead atoms. The van der Waals surface area contributed by atoms with E-state index < -0.39 is 0 Å². The lowest BCUT2D eigenvalue weighted by molar-refractivity contribution is 0.256. The number of carbonyl (C=O) groups is 1. The first kappa shape index (κ1) is 19.6. The summed E-state index contributed by atoms with van der Waals surface area (Å²) in [5.74, 6) is 1.97. The Hall–Kier alpha value is -3.74. The Morgan fingerprint density at radius 3 is 2.57 bits per heavy atom. The zero-order valence-electron chi connectivity index (χ0n) is 17.0. The lowest BCUT2D eigenvalue weighted by Gasteiger charge is -2.36. The molecular weight excluding hydrogens is 380 g/mol. The first-order chi connectivity index (χ1) is 14.7. The van der Waals surface area contributed by atoms with E-state index in [2.05, 4.69) is 27.3 Å². The van der Waals surface area contributed by atoms with Gasteiger partial charge in [0.2, 0.25) is 0 Å². The van der Waals surface area contributed by atoms with Gasteiger partial charge in [0.05, 0.1) is 19.9 Å². The molecule has 1 aliphatic heterocycles. The summed E-state index contributed by atoms with van der Waals surface area (Å²) in [6.45, 7) is 2.00. The van der Waals surface area contributed by atoms with Gasteiger partial charge in [-0.05, 0) is 29.8 Å². The smallest absolute Gasteiger partial charge is 0.326 e. The van der Waals surface area contributed by atoms with Crippen molar-refractivity contribution < 1.29 is 14.3 Å². The number of benzene rings is 2. The molecule has 1 aliphatic rings. The van der Waals surface area contributed by atoms with Crippen LogP contribution < -0.4 is 24.6 Å². The summed E-state index contributed by atoms with van der Waals surface area (Å²) < 4.78 is 10.6. The van der Waals surface area contributed by atoms with E-state index in [9.17, 15) is 4.79 Å². The fraction of sp³-hybridized carbons (Fsp3) is 0.217. The van der Waals surface area contributed by atoms with Crippen molar-refractivity contribution in [2.75, 3.05) is 42.4 Å². The zero-order chi connectivity index (χ0) is 20.9. The number of fused-ring (bicyclic) bond motifs is 1. The average molecular weight is 404 g/mol. The third kappa shape index (κ3) is 4.00. The van der Waals surface area contributed by atoms with Crippen molar-refractivity contribution in [3.05, 3.63) is 72.4 Å². The summed E-state index contributed by atoms with van der Waals surface area (Å²) in [5, 5.41) is 2.95. The van der Waals surface area contributed by atoms with Crippen LogP contribution in [-0.2, 0) is 6.54 Å². The van der Waals surface area contributed by atoms with Gasteiger partial charge < -0.3 is 19.7 Å². The van der Waals surface area contributed by atoms with Crippen molar-refractivity contribution in [1.82, 2.24) is 4.98 Å². The van der Waals surface area contributed by atoms with E-state index in [4.69, 9.17) is 9.47 Å². The first-order valence-electron chi connectivity index (χ1n) is 9.74. The molecule has 7 nitrogen and oxygen atoms in total. The maximum absolute atomic E-state index is 13.0. The predicted octanol–water partition coefficient (Wildman–Crippen LogP) is 4.16. The first-order valence-corrected chi connectivity index (χ1v) is 9.74. The highest BCUT2D eigenvalue weighted by Crippen LogP contribution is 2.33. The van der Waals surface area contributed by atoms with E-state index in [0.717, 1.165) is 18.1 Å². The van der Waals surface area contributed by atoms with Gasteiger partial charge in [0.25, 0.3) is 0 Å². The van der Waals surface area contributed by atoms with Crippen molar-refractivity contribution in [3.8, 4) is 11.5 Å². The average Bonchev–Trinajstić information content (AvgIpc) is 2.79. The number of hydrogen-bond acceptors (Lipinski definition) is 5. The van der Waals surface area contributed by atoms with E-state index in [1.54, 1.807) is 43.5 Å². The Bertz CT molecular complexity index is 1030. The number of urea groups is 1. The lowest BCUT2D eigenvalue weighted by atomic mass is 10.2. The monoisotopic (exact) mass is 404 g/mol. The van der Waals surface area contributed by atoms with Crippen LogP contribution in [0.1, 0.15) is 5.56 Å². The maximum Gasteiger partial charge on any atom is 0.326 e. The second-order valence-electron chi connectivity index (χ2n) is 6.90. The fourth-order valence-electron chi connectivity index (χ4n) is 3.56. The minimum Gasteiger partial charge on any atom is -0.493 e. The number of carbonyl (C=O) groups excluding carboxylic acids is 1. The number of methoxy groups -OCH3 is 2. The van der Waals surface area contributed by atoms with Crippen LogP contribution in [0.25, 0.3) is 0 Å². The van der Waals surface area contributed by atoms with Crippen molar-refractivity contribution >= 4 is 23.2 Å². The Labute approximate surface area is 175 Å². The van der Waals surface area contributed by atoms with Gasteiger partial charge in [-0.3, -0.25) is 4.90 Å². The lowest BCUT2D eigenvalue weighted by Crippen LogP contribution is -2.46. The molecule has 30 heavy (non-hydrogen) atoms. The van der Waals surface area contributed by atoms with Gasteiger partial charge in [-0.25, -0.2) is 9.78 Å². The second kappa shape index (κ2) is 8.73. The molecule has 0 saturated heterocycles. The summed E-state index contributed by atoms with van der Waals surface area (Å²) in [5.41, 5.74) is 2.63. The maximum atomic E-state index is 13.0. The molecule has 0 radical (unpaired) electrons. The zero-order valence-corrected chi connectivity index (χ0v) is 17.0. The highest BCUT2D eigenvalue weighted by Gasteiger charge is 2.28. The van der Waals surface area contributed by atoms with Crippen molar-refractivity contribution in [1.29, 1.82) is 0 Å². The number of ether oxygens (including phenoxy) is 2. The topological polar surface area (TPSA) is 66.9 Å². The Kier molecular flexibility index (Phi) is 5.70.